The Hall–Kier alpha value is -2.74. The van der Waals surface area contributed by atoms with Crippen LogP contribution in [-0.2, 0) is 21.4 Å². The number of nitrogens with zero attached hydrogens (tertiary/aromatic N) is 1. The number of amides is 1. The van der Waals surface area contributed by atoms with E-state index >= 15 is 0 Å². The van der Waals surface area contributed by atoms with Crippen molar-refractivity contribution in [2.45, 2.75) is 26.3 Å². The van der Waals surface area contributed by atoms with Gasteiger partial charge in [0.05, 0.1) is 26.2 Å². The van der Waals surface area contributed by atoms with Gasteiger partial charge in [-0.2, -0.15) is 0 Å². The van der Waals surface area contributed by atoms with E-state index in [1.54, 1.807) is 26.4 Å². The van der Waals surface area contributed by atoms with Gasteiger partial charge in [0.25, 0.3) is 0 Å². The van der Waals surface area contributed by atoms with Crippen LogP contribution in [0.3, 0.4) is 0 Å². The van der Waals surface area contributed by atoms with Crippen molar-refractivity contribution in [3.05, 3.63) is 53.6 Å². The topological polar surface area (TPSA) is 84.9 Å². The average molecular weight is 421 g/mol. The second kappa shape index (κ2) is 10.2. The number of hydrogen-bond donors (Lipinski definition) is 1. The lowest BCUT2D eigenvalue weighted by atomic mass is 10.2. The zero-order valence-electron chi connectivity index (χ0n) is 17.3. The highest BCUT2D eigenvalue weighted by molar-refractivity contribution is 7.92. The van der Waals surface area contributed by atoms with Gasteiger partial charge in [-0.25, -0.2) is 8.42 Å². The van der Waals surface area contributed by atoms with E-state index in [4.69, 9.17) is 9.47 Å². The average Bonchev–Trinajstić information content (AvgIpc) is 2.68. The van der Waals surface area contributed by atoms with Crippen molar-refractivity contribution in [2.24, 2.45) is 0 Å². The normalized spacial score (nSPS) is 11.0. The molecule has 0 bridgehead atoms. The molecule has 0 saturated heterocycles. The van der Waals surface area contributed by atoms with Gasteiger partial charge in [-0.3, -0.25) is 9.10 Å². The van der Waals surface area contributed by atoms with Gasteiger partial charge in [-0.05, 0) is 48.7 Å². The second-order valence-electron chi connectivity index (χ2n) is 6.74. The van der Waals surface area contributed by atoms with Crippen LogP contribution in [0.4, 0.5) is 5.69 Å². The van der Waals surface area contributed by atoms with Crippen molar-refractivity contribution < 1.29 is 22.7 Å². The van der Waals surface area contributed by atoms with Gasteiger partial charge >= 0.3 is 0 Å². The number of nitrogens with one attached hydrogen (secondary N) is 1. The van der Waals surface area contributed by atoms with E-state index in [0.717, 1.165) is 11.1 Å². The van der Waals surface area contributed by atoms with Gasteiger partial charge in [0.1, 0.15) is 0 Å². The quantitative estimate of drug-likeness (QED) is 0.639. The fourth-order valence-corrected chi connectivity index (χ4v) is 3.89. The fraction of sp³-hybridized carbons (Fsp3) is 0.381. The highest BCUT2D eigenvalue weighted by Gasteiger charge is 2.17. The van der Waals surface area contributed by atoms with Crippen LogP contribution in [0.25, 0.3) is 0 Å². The molecule has 7 nitrogen and oxygen atoms in total. The summed E-state index contributed by atoms with van der Waals surface area (Å²) in [6.07, 6.45) is 1.82. The van der Waals surface area contributed by atoms with Crippen molar-refractivity contribution >= 4 is 21.6 Å². The molecule has 29 heavy (non-hydrogen) atoms. The molecular weight excluding hydrogens is 392 g/mol. The molecule has 0 fully saturated rings. The number of aryl methyl sites for hydroxylation is 1. The standard InChI is InChI=1S/C21H28N2O5S/c1-16-7-5-8-18(13-16)23(29(4,25)26)12-6-9-21(24)22-15-17-10-11-19(27-2)20(14-17)28-3/h5,7-8,10-11,13-14H,6,9,12,15H2,1-4H3,(H,22,24). The van der Waals surface area contributed by atoms with E-state index in [9.17, 15) is 13.2 Å². The third-order valence-corrected chi connectivity index (χ3v) is 5.59. The van der Waals surface area contributed by atoms with Crippen molar-refractivity contribution in [1.29, 1.82) is 0 Å². The molecule has 2 aromatic carbocycles. The van der Waals surface area contributed by atoms with Crippen molar-refractivity contribution in [2.75, 3.05) is 31.3 Å². The van der Waals surface area contributed by atoms with Gasteiger partial charge in [0, 0.05) is 19.5 Å². The van der Waals surface area contributed by atoms with Crippen molar-refractivity contribution in [3.63, 3.8) is 0 Å². The molecule has 0 aliphatic rings. The second-order valence-corrected chi connectivity index (χ2v) is 8.65. The van der Waals surface area contributed by atoms with Crippen molar-refractivity contribution in [1.82, 2.24) is 5.32 Å². The van der Waals surface area contributed by atoms with Gasteiger partial charge < -0.3 is 14.8 Å². The number of carbonyl (C=O) groups excluding carboxylic acids is 1. The number of anilines is 1. The first-order valence-electron chi connectivity index (χ1n) is 9.26. The van der Waals surface area contributed by atoms with Crippen LogP contribution in [0.1, 0.15) is 24.0 Å². The SMILES string of the molecule is COc1ccc(CNC(=O)CCCN(c2cccc(C)c2)S(C)(=O)=O)cc1OC. The third kappa shape index (κ3) is 6.67. The molecule has 8 heteroatoms. The van der Waals surface area contributed by atoms with E-state index in [1.807, 2.05) is 37.3 Å². The van der Waals surface area contributed by atoms with Crippen LogP contribution in [0.5, 0.6) is 11.5 Å². The molecule has 0 unspecified atom stereocenters. The molecule has 0 radical (unpaired) electrons. The lowest BCUT2D eigenvalue weighted by molar-refractivity contribution is -0.121. The summed E-state index contributed by atoms with van der Waals surface area (Å²) in [5.41, 5.74) is 2.47. The Morgan fingerprint density at radius 3 is 2.41 bits per heavy atom. The number of benzene rings is 2. The maximum absolute atomic E-state index is 12.2. The Labute approximate surface area is 172 Å². The Kier molecular flexibility index (Phi) is 7.90. The number of sulfonamides is 1. The molecule has 1 N–H and O–H groups in total. The lowest BCUT2D eigenvalue weighted by Gasteiger charge is -2.22. The van der Waals surface area contributed by atoms with Gasteiger partial charge in [-0.15, -0.1) is 0 Å². The van der Waals surface area contributed by atoms with E-state index in [0.29, 0.717) is 30.2 Å². The highest BCUT2D eigenvalue weighted by Crippen LogP contribution is 2.27. The molecule has 0 aliphatic heterocycles. The molecular formula is C21H28N2O5S. The van der Waals surface area contributed by atoms with Crippen LogP contribution in [0, 0.1) is 6.92 Å². The van der Waals surface area contributed by atoms with Crippen molar-refractivity contribution in [3.8, 4) is 11.5 Å². The fourth-order valence-electron chi connectivity index (χ4n) is 2.93. The smallest absolute Gasteiger partial charge is 0.232 e. The summed E-state index contributed by atoms with van der Waals surface area (Å²) in [5, 5.41) is 2.85. The predicted molar refractivity (Wildman–Crippen MR) is 114 cm³/mol. The van der Waals surface area contributed by atoms with E-state index in [1.165, 1.54) is 10.6 Å². The maximum Gasteiger partial charge on any atom is 0.232 e. The zero-order valence-corrected chi connectivity index (χ0v) is 18.1. The molecule has 0 aliphatic carbocycles. The van der Waals surface area contributed by atoms with Gasteiger partial charge in [-0.1, -0.05) is 18.2 Å². The Morgan fingerprint density at radius 1 is 1.07 bits per heavy atom. The summed E-state index contributed by atoms with van der Waals surface area (Å²) in [6, 6.07) is 12.7. The van der Waals surface area contributed by atoms with E-state index < -0.39 is 10.0 Å². The van der Waals surface area contributed by atoms with Crippen LogP contribution < -0.4 is 19.1 Å². The molecule has 2 aromatic rings. The summed E-state index contributed by atoms with van der Waals surface area (Å²) in [7, 11) is -0.304. The van der Waals surface area contributed by atoms with E-state index in [-0.39, 0.29) is 18.9 Å². The molecule has 0 heterocycles. The monoisotopic (exact) mass is 420 g/mol. The number of methoxy groups -OCH3 is 2. The van der Waals surface area contributed by atoms with E-state index in [2.05, 4.69) is 5.32 Å². The van der Waals surface area contributed by atoms with Crippen LogP contribution >= 0.6 is 0 Å². The number of carbonyl (C=O) groups is 1. The molecule has 1 amide bonds. The Morgan fingerprint density at radius 2 is 1.79 bits per heavy atom. The molecule has 0 saturated carbocycles. The maximum atomic E-state index is 12.2. The molecule has 0 atom stereocenters. The summed E-state index contributed by atoms with van der Waals surface area (Å²) in [6.45, 7) is 2.50. The largest absolute Gasteiger partial charge is 0.493 e. The minimum Gasteiger partial charge on any atom is -0.493 e. The summed E-state index contributed by atoms with van der Waals surface area (Å²) in [4.78, 5) is 12.2. The van der Waals surface area contributed by atoms with Crippen LogP contribution in [-0.4, -0.2) is 41.3 Å². The summed E-state index contributed by atoms with van der Waals surface area (Å²) < 4.78 is 36.1. The van der Waals surface area contributed by atoms with Crippen LogP contribution in [0.2, 0.25) is 0 Å². The third-order valence-electron chi connectivity index (χ3n) is 4.39. The Bertz CT molecular complexity index is 944. The number of hydrogen-bond acceptors (Lipinski definition) is 5. The minimum atomic E-state index is -3.43. The first-order valence-corrected chi connectivity index (χ1v) is 11.1. The number of ether oxygens (including phenoxy) is 2. The van der Waals surface area contributed by atoms with Crippen LogP contribution in [0.15, 0.2) is 42.5 Å². The minimum absolute atomic E-state index is 0.141. The highest BCUT2D eigenvalue weighted by atomic mass is 32.2. The van der Waals surface area contributed by atoms with Gasteiger partial charge in [0.2, 0.25) is 15.9 Å². The molecule has 0 aromatic heterocycles. The Balaban J connectivity index is 1.89. The van der Waals surface area contributed by atoms with Gasteiger partial charge in [0.15, 0.2) is 11.5 Å². The molecule has 0 spiro atoms. The zero-order chi connectivity index (χ0) is 21.4. The molecule has 2 rings (SSSR count). The summed E-state index contributed by atoms with van der Waals surface area (Å²) >= 11 is 0. The summed E-state index contributed by atoms with van der Waals surface area (Å²) in [5.74, 6) is 1.08. The molecule has 158 valence electrons. The first-order chi connectivity index (χ1) is 13.7. The first kappa shape index (κ1) is 22.5. The predicted octanol–water partition coefficient (Wildman–Crippen LogP) is 2.87. The lowest BCUT2D eigenvalue weighted by Crippen LogP contribution is -2.32. The number of rotatable bonds is 10.